The van der Waals surface area contributed by atoms with E-state index in [1.807, 2.05) is 4.90 Å². The van der Waals surface area contributed by atoms with E-state index in [9.17, 15) is 9.18 Å². The summed E-state index contributed by atoms with van der Waals surface area (Å²) in [7, 11) is 0. The van der Waals surface area contributed by atoms with Gasteiger partial charge in [0.2, 0.25) is 0 Å². The maximum absolute atomic E-state index is 14.1. The Morgan fingerprint density at radius 3 is 2.83 bits per heavy atom. The zero-order chi connectivity index (χ0) is 20.8. The predicted molar refractivity (Wildman–Crippen MR) is 108 cm³/mol. The number of hydrogen-bond donors (Lipinski definition) is 1. The second kappa shape index (κ2) is 9.27. The Labute approximate surface area is 172 Å². The van der Waals surface area contributed by atoms with Crippen molar-refractivity contribution in [3.8, 4) is 5.75 Å². The highest BCUT2D eigenvalue weighted by Gasteiger charge is 2.16. The Bertz CT molecular complexity index is 1010. The van der Waals surface area contributed by atoms with Gasteiger partial charge in [0, 0.05) is 30.5 Å². The van der Waals surface area contributed by atoms with Crippen molar-refractivity contribution in [3.05, 3.63) is 72.2 Å². The van der Waals surface area contributed by atoms with Crippen molar-refractivity contribution in [3.63, 3.8) is 0 Å². The van der Waals surface area contributed by atoms with E-state index in [0.717, 1.165) is 0 Å². The molecule has 0 bridgehead atoms. The van der Waals surface area contributed by atoms with E-state index in [0.29, 0.717) is 49.1 Å². The molecule has 0 unspecified atom stereocenters. The zero-order valence-corrected chi connectivity index (χ0v) is 16.1. The van der Waals surface area contributed by atoms with Crippen LogP contribution in [-0.2, 0) is 11.3 Å². The predicted octanol–water partition coefficient (Wildman–Crippen LogP) is 2.68. The normalized spacial score (nSPS) is 13.7. The summed E-state index contributed by atoms with van der Waals surface area (Å²) in [6, 6.07) is 7.77. The van der Waals surface area contributed by atoms with Gasteiger partial charge in [0.25, 0.3) is 5.91 Å². The maximum Gasteiger partial charge on any atom is 0.275 e. The van der Waals surface area contributed by atoms with E-state index in [1.165, 1.54) is 24.4 Å². The van der Waals surface area contributed by atoms with E-state index >= 15 is 0 Å². The van der Waals surface area contributed by atoms with Crippen molar-refractivity contribution in [1.82, 2.24) is 15.0 Å². The highest BCUT2D eigenvalue weighted by Crippen LogP contribution is 2.19. The summed E-state index contributed by atoms with van der Waals surface area (Å²) in [5.74, 6) is 0.298. The first kappa shape index (κ1) is 19.7. The lowest BCUT2D eigenvalue weighted by Crippen LogP contribution is -2.37. The smallest absolute Gasteiger partial charge is 0.275 e. The molecule has 0 atom stereocenters. The molecule has 0 aliphatic carbocycles. The minimum absolute atomic E-state index is 0.00750. The molecule has 8 nitrogen and oxygen atoms in total. The van der Waals surface area contributed by atoms with Crippen molar-refractivity contribution >= 4 is 17.4 Å². The highest BCUT2D eigenvalue weighted by atomic mass is 19.1. The number of carbonyl (C=O) groups is 1. The number of morpholine rings is 1. The van der Waals surface area contributed by atoms with Gasteiger partial charge < -0.3 is 19.7 Å². The third-order valence-electron chi connectivity index (χ3n) is 4.52. The first-order valence-electron chi connectivity index (χ1n) is 9.46. The van der Waals surface area contributed by atoms with Crippen LogP contribution in [0.1, 0.15) is 16.1 Å². The van der Waals surface area contributed by atoms with Crippen molar-refractivity contribution in [2.75, 3.05) is 36.5 Å². The zero-order valence-electron chi connectivity index (χ0n) is 16.1. The molecule has 0 radical (unpaired) electrons. The number of halogens is 1. The second-order valence-electron chi connectivity index (χ2n) is 6.60. The number of benzene rings is 1. The molecule has 0 saturated carbocycles. The molecular weight excluding hydrogens is 389 g/mol. The van der Waals surface area contributed by atoms with Crippen molar-refractivity contribution in [1.29, 1.82) is 0 Å². The number of aromatic nitrogens is 3. The molecule has 1 aliphatic heterocycles. The molecule has 2 aromatic heterocycles. The number of anilines is 2. The standard InChI is InChI=1S/C21H20FN5O3/c22-18-4-3-16(10-15(18)14-30-17-2-1-5-23-11-17)25-21(28)19-12-24-13-20(26-19)27-6-8-29-9-7-27/h1-5,10-13H,6-9,14H2,(H,25,28). The maximum atomic E-state index is 14.1. The summed E-state index contributed by atoms with van der Waals surface area (Å²) in [4.78, 5) is 27.1. The molecule has 154 valence electrons. The average Bonchev–Trinajstić information content (AvgIpc) is 2.81. The van der Waals surface area contributed by atoms with E-state index in [4.69, 9.17) is 9.47 Å². The third kappa shape index (κ3) is 4.87. The first-order valence-corrected chi connectivity index (χ1v) is 9.46. The summed E-state index contributed by atoms with van der Waals surface area (Å²) in [6.07, 6.45) is 6.19. The first-order chi connectivity index (χ1) is 14.7. The van der Waals surface area contributed by atoms with Crippen molar-refractivity contribution in [2.45, 2.75) is 6.61 Å². The Morgan fingerprint density at radius 2 is 2.03 bits per heavy atom. The van der Waals surface area contributed by atoms with Gasteiger partial charge in [-0.2, -0.15) is 0 Å². The van der Waals surface area contributed by atoms with Crippen LogP contribution in [0.2, 0.25) is 0 Å². The van der Waals surface area contributed by atoms with E-state index in [1.54, 1.807) is 30.7 Å². The number of amides is 1. The van der Waals surface area contributed by atoms with Crippen molar-refractivity contribution < 1.29 is 18.7 Å². The molecule has 4 rings (SSSR count). The molecule has 3 aromatic rings. The largest absolute Gasteiger partial charge is 0.487 e. The van der Waals surface area contributed by atoms with Gasteiger partial charge in [-0.15, -0.1) is 0 Å². The fourth-order valence-electron chi connectivity index (χ4n) is 2.96. The van der Waals surface area contributed by atoms with E-state index < -0.39 is 11.7 Å². The number of pyridine rings is 1. The molecule has 1 amide bonds. The van der Waals surface area contributed by atoms with Crippen LogP contribution in [0.4, 0.5) is 15.9 Å². The van der Waals surface area contributed by atoms with Crippen LogP contribution in [0.25, 0.3) is 0 Å². The summed E-state index contributed by atoms with van der Waals surface area (Å²) in [6.45, 7) is 2.61. The Morgan fingerprint density at radius 1 is 1.17 bits per heavy atom. The third-order valence-corrected chi connectivity index (χ3v) is 4.52. The van der Waals surface area contributed by atoms with Crippen LogP contribution in [0, 0.1) is 5.82 Å². The Hall–Kier alpha value is -3.59. The Balaban J connectivity index is 1.44. The minimum Gasteiger partial charge on any atom is -0.487 e. The minimum atomic E-state index is -0.427. The molecule has 3 heterocycles. The summed E-state index contributed by atoms with van der Waals surface area (Å²) in [5, 5.41) is 2.73. The van der Waals surface area contributed by atoms with Crippen LogP contribution in [0.5, 0.6) is 5.75 Å². The molecule has 1 fully saturated rings. The summed E-state index contributed by atoms with van der Waals surface area (Å²) >= 11 is 0. The van der Waals surface area contributed by atoms with Crippen LogP contribution in [0.15, 0.2) is 55.1 Å². The lowest BCUT2D eigenvalue weighted by molar-refractivity contribution is 0.102. The van der Waals surface area contributed by atoms with Gasteiger partial charge in [-0.1, -0.05) is 0 Å². The molecule has 1 aliphatic rings. The van der Waals surface area contributed by atoms with Gasteiger partial charge in [-0.3, -0.25) is 14.8 Å². The van der Waals surface area contributed by atoms with Gasteiger partial charge in [-0.05, 0) is 30.3 Å². The van der Waals surface area contributed by atoms with Crippen LogP contribution in [0.3, 0.4) is 0 Å². The fraction of sp³-hybridized carbons (Fsp3) is 0.238. The molecule has 1 saturated heterocycles. The lowest BCUT2D eigenvalue weighted by Gasteiger charge is -2.27. The van der Waals surface area contributed by atoms with E-state index in [-0.39, 0.29) is 12.3 Å². The van der Waals surface area contributed by atoms with Crippen LogP contribution < -0.4 is 15.0 Å². The van der Waals surface area contributed by atoms with Crippen LogP contribution >= 0.6 is 0 Å². The number of rotatable bonds is 6. The number of nitrogens with one attached hydrogen (secondary N) is 1. The second-order valence-corrected chi connectivity index (χ2v) is 6.60. The molecule has 1 N–H and O–H groups in total. The van der Waals surface area contributed by atoms with Gasteiger partial charge in [0.05, 0.1) is 31.8 Å². The van der Waals surface area contributed by atoms with Gasteiger partial charge in [-0.25, -0.2) is 9.37 Å². The summed E-state index contributed by atoms with van der Waals surface area (Å²) < 4.78 is 25.0. The Kier molecular flexibility index (Phi) is 6.09. The van der Waals surface area contributed by atoms with Gasteiger partial charge in [0.15, 0.2) is 0 Å². The molecule has 0 spiro atoms. The molecule has 1 aromatic carbocycles. The number of hydrogen-bond acceptors (Lipinski definition) is 7. The SMILES string of the molecule is O=C(Nc1ccc(F)c(COc2cccnc2)c1)c1cncc(N2CCOCC2)n1. The average molecular weight is 409 g/mol. The number of carbonyl (C=O) groups excluding carboxylic acids is 1. The number of nitrogens with zero attached hydrogens (tertiary/aromatic N) is 4. The van der Waals surface area contributed by atoms with E-state index in [2.05, 4.69) is 20.3 Å². The molecule has 9 heteroatoms. The summed E-state index contributed by atoms with van der Waals surface area (Å²) in [5.41, 5.74) is 0.922. The van der Waals surface area contributed by atoms with Crippen molar-refractivity contribution in [2.24, 2.45) is 0 Å². The van der Waals surface area contributed by atoms with Gasteiger partial charge in [0.1, 0.15) is 29.7 Å². The monoisotopic (exact) mass is 409 g/mol. The highest BCUT2D eigenvalue weighted by molar-refractivity contribution is 6.02. The fourth-order valence-corrected chi connectivity index (χ4v) is 2.96. The quantitative estimate of drug-likeness (QED) is 0.669. The molecule has 30 heavy (non-hydrogen) atoms. The molecular formula is C21H20FN5O3. The van der Waals surface area contributed by atoms with Gasteiger partial charge >= 0.3 is 0 Å². The van der Waals surface area contributed by atoms with Crippen LogP contribution in [-0.4, -0.2) is 47.2 Å². The lowest BCUT2D eigenvalue weighted by atomic mass is 10.2. The topological polar surface area (TPSA) is 89.5 Å². The number of ether oxygens (including phenoxy) is 2.